The summed E-state index contributed by atoms with van der Waals surface area (Å²) < 4.78 is 0. The van der Waals surface area contributed by atoms with Crippen molar-refractivity contribution in [3.8, 4) is 0 Å². The van der Waals surface area contributed by atoms with Crippen LogP contribution in [-0.2, 0) is 51.2 Å². The molecule has 1 aromatic carbocycles. The Morgan fingerprint density at radius 3 is 2.23 bits per heavy atom. The molecule has 1 unspecified atom stereocenters. The van der Waals surface area contributed by atoms with Gasteiger partial charge in [0.2, 0.25) is 47.3 Å². The summed E-state index contributed by atoms with van der Waals surface area (Å²) >= 11 is 1.83. The van der Waals surface area contributed by atoms with Crippen molar-refractivity contribution in [3.63, 3.8) is 0 Å². The van der Waals surface area contributed by atoms with Crippen LogP contribution in [0.2, 0.25) is 0 Å². The van der Waals surface area contributed by atoms with Gasteiger partial charge in [0.05, 0.1) is 31.5 Å². The SMILES string of the molecule is CC(C)CC(CC(=O)NO)C(=O)N[C@@H](Cc1ccccc1)C(=O)N[C@@H](Cc1cnc[nH]1)C(=O)NCC(=O)NCC(=O)N[C@@H](CCCCNC(=O)CCCC[C@@H]1SC[C@@H]2NC(=O)N[C@@H]21)C(N)=O. The van der Waals surface area contributed by atoms with E-state index >= 15 is 0 Å². The van der Waals surface area contributed by atoms with E-state index in [2.05, 4.69) is 52.5 Å². The fourth-order valence-corrected chi connectivity index (χ4v) is 9.24. The standard InChI is InChI=1S/C43H64N12O10S/c1-25(2)16-27(18-35(57)55-65)40(61)51-30(17-26-10-4-3-5-11-26)42(63)52-31(19-28-20-45-24-49-28)41(62)48-21-36(58)47-22-37(59)50-29(39(44)60)12-8-9-15-46-34(56)14-7-6-13-33-38-32(23-66-33)53-43(64)54-38/h3-5,10-11,20,24-25,27,29-33,38,65H,6-9,12-19,21-23H2,1-2H3,(H2,44,60)(H,45,49)(H,46,56)(H,47,58)(H,48,62)(H,50,59)(H,51,61)(H,52,63)(H,55,57)(H2,53,54,64)/t27?,29-,30-,31-,32-,33-,38-/m0/s1. The first-order valence-corrected chi connectivity index (χ1v) is 23.3. The van der Waals surface area contributed by atoms with Crippen LogP contribution in [0.1, 0.15) is 82.9 Å². The lowest BCUT2D eigenvalue weighted by Gasteiger charge is -2.25. The van der Waals surface area contributed by atoms with Crippen LogP contribution >= 0.6 is 11.8 Å². The topological polar surface area (TPSA) is 337 Å². The predicted molar refractivity (Wildman–Crippen MR) is 242 cm³/mol. The molecule has 2 aliphatic heterocycles. The molecule has 0 aliphatic carbocycles. The molecule has 3 heterocycles. The minimum Gasteiger partial charge on any atom is -0.368 e. The zero-order valence-electron chi connectivity index (χ0n) is 37.3. The number of hydroxylamine groups is 1. The van der Waals surface area contributed by atoms with Gasteiger partial charge in [-0.25, -0.2) is 15.3 Å². The van der Waals surface area contributed by atoms with Crippen molar-refractivity contribution in [1.82, 2.24) is 58.0 Å². The van der Waals surface area contributed by atoms with Gasteiger partial charge in [0.1, 0.15) is 18.1 Å². The zero-order chi connectivity index (χ0) is 48.0. The molecule has 362 valence electrons. The first-order chi connectivity index (χ1) is 31.6. The monoisotopic (exact) mass is 940 g/mol. The van der Waals surface area contributed by atoms with Crippen molar-refractivity contribution in [2.45, 2.75) is 120 Å². The average Bonchev–Trinajstić information content (AvgIpc) is 4.03. The molecule has 2 fully saturated rings. The number of primary amides is 1. The molecule has 0 saturated carbocycles. The highest BCUT2D eigenvalue weighted by molar-refractivity contribution is 8.00. The molecule has 2 aliphatic rings. The fraction of sp³-hybridized carbons (Fsp3) is 0.581. The van der Waals surface area contributed by atoms with Crippen molar-refractivity contribution in [2.75, 3.05) is 25.4 Å². The van der Waals surface area contributed by atoms with Gasteiger partial charge in [-0.1, -0.05) is 50.6 Å². The third kappa shape index (κ3) is 18.3. The molecule has 0 spiro atoms. The summed E-state index contributed by atoms with van der Waals surface area (Å²) in [6.45, 7) is 2.98. The lowest BCUT2D eigenvalue weighted by molar-refractivity contribution is -0.137. The maximum Gasteiger partial charge on any atom is 0.315 e. The van der Waals surface area contributed by atoms with Gasteiger partial charge in [0.15, 0.2) is 0 Å². The van der Waals surface area contributed by atoms with Crippen molar-refractivity contribution in [1.29, 1.82) is 0 Å². The number of aromatic nitrogens is 2. The molecule has 0 bridgehead atoms. The quantitative estimate of drug-likeness (QED) is 0.0201. The van der Waals surface area contributed by atoms with Crippen molar-refractivity contribution in [3.05, 3.63) is 54.1 Å². The number of carbonyl (C=O) groups excluding carboxylic acids is 9. The molecular weight excluding hydrogens is 877 g/mol. The van der Waals surface area contributed by atoms with E-state index in [0.29, 0.717) is 42.3 Å². The first-order valence-electron chi connectivity index (χ1n) is 22.2. The molecular formula is C43H64N12O10S. The maximum atomic E-state index is 13.9. The molecule has 22 nitrogen and oxygen atoms in total. The molecule has 2 aromatic rings. The molecule has 66 heavy (non-hydrogen) atoms. The summed E-state index contributed by atoms with van der Waals surface area (Å²) in [5.41, 5.74) is 8.22. The number of hydrogen-bond donors (Lipinski definition) is 12. The predicted octanol–water partition coefficient (Wildman–Crippen LogP) is -1.06. The Labute approximate surface area is 387 Å². The van der Waals surface area contributed by atoms with Gasteiger partial charge in [-0.05, 0) is 50.0 Å². The van der Waals surface area contributed by atoms with Gasteiger partial charge in [-0.2, -0.15) is 11.8 Å². The van der Waals surface area contributed by atoms with Gasteiger partial charge in [0, 0.05) is 61.0 Å². The second-order valence-corrected chi connectivity index (χ2v) is 18.2. The fourth-order valence-electron chi connectivity index (χ4n) is 7.69. The lowest BCUT2D eigenvalue weighted by Crippen LogP contribution is -2.56. The highest BCUT2D eigenvalue weighted by Gasteiger charge is 2.42. The van der Waals surface area contributed by atoms with Crippen LogP contribution in [0.15, 0.2) is 42.9 Å². The first kappa shape index (κ1) is 52.4. The van der Waals surface area contributed by atoms with E-state index in [1.807, 2.05) is 25.6 Å². The van der Waals surface area contributed by atoms with Gasteiger partial charge >= 0.3 is 6.03 Å². The van der Waals surface area contributed by atoms with Crippen LogP contribution in [0.5, 0.6) is 0 Å². The van der Waals surface area contributed by atoms with E-state index in [-0.39, 0.29) is 62.0 Å². The third-order valence-corrected chi connectivity index (χ3v) is 12.6. The number of nitrogens with one attached hydrogen (secondary N) is 10. The third-order valence-electron chi connectivity index (χ3n) is 11.1. The zero-order valence-corrected chi connectivity index (χ0v) is 38.1. The summed E-state index contributed by atoms with van der Waals surface area (Å²) in [7, 11) is 0. The second kappa shape index (κ2) is 27.3. The molecule has 7 atom stereocenters. The van der Waals surface area contributed by atoms with E-state index in [1.54, 1.807) is 30.3 Å². The number of amides is 10. The molecule has 2 saturated heterocycles. The number of H-pyrrole nitrogens is 1. The molecule has 23 heteroatoms. The van der Waals surface area contributed by atoms with Crippen molar-refractivity contribution in [2.24, 2.45) is 17.6 Å². The Balaban J connectivity index is 1.20. The number of benzene rings is 1. The molecule has 10 amide bonds. The number of carbonyl (C=O) groups is 9. The number of aromatic amines is 1. The van der Waals surface area contributed by atoms with Crippen molar-refractivity contribution >= 4 is 65.1 Å². The number of thioether (sulfide) groups is 1. The van der Waals surface area contributed by atoms with Crippen LogP contribution < -0.4 is 53.7 Å². The average molecular weight is 941 g/mol. The lowest BCUT2D eigenvalue weighted by atomic mass is 9.92. The highest BCUT2D eigenvalue weighted by Crippen LogP contribution is 2.33. The normalized spacial score (nSPS) is 18.0. The Morgan fingerprint density at radius 2 is 1.53 bits per heavy atom. The number of imidazole rings is 1. The van der Waals surface area contributed by atoms with E-state index in [1.165, 1.54) is 18.0 Å². The number of nitrogens with two attached hydrogens (primary N) is 1. The number of rotatable bonds is 29. The van der Waals surface area contributed by atoms with E-state index in [9.17, 15) is 43.2 Å². The van der Waals surface area contributed by atoms with E-state index in [4.69, 9.17) is 10.9 Å². The molecule has 13 N–H and O–H groups in total. The van der Waals surface area contributed by atoms with Crippen LogP contribution in [0.3, 0.4) is 0 Å². The summed E-state index contributed by atoms with van der Waals surface area (Å²) in [4.78, 5) is 121. The Bertz CT molecular complexity index is 1960. The summed E-state index contributed by atoms with van der Waals surface area (Å²) in [5, 5.41) is 30.9. The van der Waals surface area contributed by atoms with Crippen LogP contribution in [0.25, 0.3) is 0 Å². The maximum absolute atomic E-state index is 13.9. The number of fused-ring (bicyclic) bond motifs is 1. The van der Waals surface area contributed by atoms with Crippen LogP contribution in [0.4, 0.5) is 4.79 Å². The van der Waals surface area contributed by atoms with Gasteiger partial charge in [0.25, 0.3) is 0 Å². The largest absolute Gasteiger partial charge is 0.368 e. The molecule has 1 aromatic heterocycles. The summed E-state index contributed by atoms with van der Waals surface area (Å²) in [5.74, 6) is -5.15. The van der Waals surface area contributed by atoms with Gasteiger partial charge in [-0.3, -0.25) is 43.6 Å². The van der Waals surface area contributed by atoms with Crippen molar-refractivity contribution < 1.29 is 48.4 Å². The summed E-state index contributed by atoms with van der Waals surface area (Å²) in [6.07, 6.45) is 6.82. The number of unbranched alkanes of at least 4 members (excludes halogenated alkanes) is 2. The minimum atomic E-state index is -1.27. The summed E-state index contributed by atoms with van der Waals surface area (Å²) in [6, 6.07) is 5.51. The smallest absolute Gasteiger partial charge is 0.315 e. The highest BCUT2D eigenvalue weighted by atomic mass is 32.2. The second-order valence-electron chi connectivity index (χ2n) is 16.9. The van der Waals surface area contributed by atoms with Gasteiger partial charge < -0.3 is 53.3 Å². The Morgan fingerprint density at radius 1 is 0.803 bits per heavy atom. The van der Waals surface area contributed by atoms with Crippen LogP contribution in [-0.4, -0.2) is 129 Å². The Kier molecular flexibility index (Phi) is 21.7. The number of urea groups is 1. The number of hydrogen-bond acceptors (Lipinski definition) is 12. The minimum absolute atomic E-state index is 0.00135. The Hall–Kier alpha value is -6.23. The number of nitrogens with zero attached hydrogens (tertiary/aromatic N) is 1. The molecule has 0 radical (unpaired) electrons. The van der Waals surface area contributed by atoms with E-state index in [0.717, 1.165) is 25.0 Å². The van der Waals surface area contributed by atoms with Crippen LogP contribution in [0, 0.1) is 11.8 Å². The van der Waals surface area contributed by atoms with E-state index < -0.39 is 78.5 Å². The molecule has 4 rings (SSSR count). The van der Waals surface area contributed by atoms with Gasteiger partial charge in [-0.15, -0.1) is 0 Å².